The van der Waals surface area contributed by atoms with Crippen molar-refractivity contribution >= 4 is 23.3 Å². The summed E-state index contributed by atoms with van der Waals surface area (Å²) in [5, 5.41) is 0.573. The quantitative estimate of drug-likeness (QED) is 0.917. The van der Waals surface area contributed by atoms with Crippen molar-refractivity contribution in [1.29, 1.82) is 0 Å². The van der Waals surface area contributed by atoms with Gasteiger partial charge in [0.05, 0.1) is 6.04 Å². The summed E-state index contributed by atoms with van der Waals surface area (Å²) in [5.41, 5.74) is 6.12. The Kier molecular flexibility index (Phi) is 4.47. The number of carbonyl (C=O) groups excluding carboxylic acids is 1. The van der Waals surface area contributed by atoms with Crippen LogP contribution < -0.4 is 5.73 Å². The highest BCUT2D eigenvalue weighted by Crippen LogP contribution is 2.44. The number of hydrogen-bond donors (Lipinski definition) is 1. The maximum absolute atomic E-state index is 12.9. The number of ether oxygens (including phenoxy) is 1. The van der Waals surface area contributed by atoms with Gasteiger partial charge in [-0.15, -0.1) is 0 Å². The zero-order valence-corrected chi connectivity index (χ0v) is 14.3. The maximum atomic E-state index is 12.9. The molecule has 3 atom stereocenters. The van der Waals surface area contributed by atoms with E-state index < -0.39 is 11.6 Å². The zero-order valence-electron chi connectivity index (χ0n) is 13.6. The standard InChI is InChI=1S/C18H23ClN2O2/c1-11(2)10-14(20)17-21-18(12-6-3-4-7-13(12)19)9-5-8-15(23-17)16(18)22/h3-4,6-7,11,14-15H,5,8-10,20H2,1-2H3/t14-,15-,18?/m0/s1. The van der Waals surface area contributed by atoms with Crippen molar-refractivity contribution in [3.63, 3.8) is 0 Å². The molecule has 0 aromatic heterocycles. The van der Waals surface area contributed by atoms with Crippen LogP contribution in [0.15, 0.2) is 29.3 Å². The summed E-state index contributed by atoms with van der Waals surface area (Å²) in [6, 6.07) is 7.17. The molecule has 23 heavy (non-hydrogen) atoms. The summed E-state index contributed by atoms with van der Waals surface area (Å²) >= 11 is 6.38. The number of nitrogens with two attached hydrogens (primary N) is 1. The van der Waals surface area contributed by atoms with Gasteiger partial charge in [-0.25, -0.2) is 4.99 Å². The zero-order chi connectivity index (χ0) is 16.6. The fourth-order valence-corrected chi connectivity index (χ4v) is 3.84. The molecule has 1 unspecified atom stereocenters. The summed E-state index contributed by atoms with van der Waals surface area (Å²) in [7, 11) is 0. The molecule has 2 aliphatic rings. The Morgan fingerprint density at radius 1 is 1.43 bits per heavy atom. The third kappa shape index (κ3) is 2.90. The van der Waals surface area contributed by atoms with Crippen molar-refractivity contribution in [3.8, 4) is 0 Å². The minimum absolute atomic E-state index is 0.0114. The van der Waals surface area contributed by atoms with Crippen molar-refractivity contribution in [2.45, 2.75) is 57.2 Å². The average molecular weight is 335 g/mol. The maximum Gasteiger partial charge on any atom is 0.205 e. The molecule has 0 spiro atoms. The summed E-state index contributed by atoms with van der Waals surface area (Å²) < 4.78 is 5.85. The predicted octanol–water partition coefficient (Wildman–Crippen LogP) is 3.46. The van der Waals surface area contributed by atoms with E-state index in [1.54, 1.807) is 6.07 Å². The lowest BCUT2D eigenvalue weighted by Gasteiger charge is -2.42. The molecule has 0 radical (unpaired) electrons. The number of carbonyl (C=O) groups is 1. The molecule has 3 rings (SSSR count). The minimum atomic E-state index is -0.927. The van der Waals surface area contributed by atoms with Crippen LogP contribution in [0, 0.1) is 5.92 Å². The number of benzene rings is 1. The van der Waals surface area contributed by atoms with Crippen molar-refractivity contribution in [2.24, 2.45) is 16.6 Å². The fraction of sp³-hybridized carbons (Fsp3) is 0.556. The largest absolute Gasteiger partial charge is 0.468 e. The predicted molar refractivity (Wildman–Crippen MR) is 91.7 cm³/mol. The smallest absolute Gasteiger partial charge is 0.205 e. The van der Waals surface area contributed by atoms with Gasteiger partial charge in [0.1, 0.15) is 0 Å². The van der Waals surface area contributed by atoms with Crippen LogP contribution >= 0.6 is 11.6 Å². The molecule has 1 aromatic rings. The highest BCUT2D eigenvalue weighted by atomic mass is 35.5. The van der Waals surface area contributed by atoms with E-state index in [1.165, 1.54) is 0 Å². The van der Waals surface area contributed by atoms with Crippen LogP contribution in [-0.4, -0.2) is 23.8 Å². The van der Waals surface area contributed by atoms with Crippen LogP contribution in [-0.2, 0) is 15.1 Å². The number of ketones is 1. The third-order valence-electron chi connectivity index (χ3n) is 4.63. The lowest BCUT2D eigenvalue weighted by Crippen LogP contribution is -2.54. The number of rotatable bonds is 4. The molecule has 5 heteroatoms. The molecular weight excluding hydrogens is 312 g/mol. The van der Waals surface area contributed by atoms with Gasteiger partial charge in [0.25, 0.3) is 0 Å². The molecule has 4 nitrogen and oxygen atoms in total. The first-order chi connectivity index (χ1) is 10.9. The molecule has 124 valence electrons. The molecule has 1 aliphatic heterocycles. The number of halogens is 1. The monoisotopic (exact) mass is 334 g/mol. The normalized spacial score (nSPS) is 28.3. The molecule has 1 heterocycles. The van der Waals surface area contributed by atoms with Gasteiger partial charge in [-0.1, -0.05) is 43.6 Å². The number of nitrogens with zero attached hydrogens (tertiary/aromatic N) is 1. The second kappa shape index (κ2) is 6.25. The van der Waals surface area contributed by atoms with E-state index in [0.29, 0.717) is 23.3 Å². The Morgan fingerprint density at radius 3 is 2.87 bits per heavy atom. The number of fused-ring (bicyclic) bond motifs is 2. The van der Waals surface area contributed by atoms with Crippen LogP contribution in [0.1, 0.15) is 45.1 Å². The van der Waals surface area contributed by atoms with Crippen LogP contribution in [0.5, 0.6) is 0 Å². The molecule has 1 saturated carbocycles. The first-order valence-corrected chi connectivity index (χ1v) is 8.63. The van der Waals surface area contributed by atoms with E-state index in [9.17, 15) is 4.79 Å². The van der Waals surface area contributed by atoms with Crippen LogP contribution in [0.25, 0.3) is 0 Å². The van der Waals surface area contributed by atoms with Crippen molar-refractivity contribution in [2.75, 3.05) is 0 Å². The summed E-state index contributed by atoms with van der Waals surface area (Å²) in [5.74, 6) is 0.949. The van der Waals surface area contributed by atoms with Crippen LogP contribution in [0.3, 0.4) is 0 Å². The minimum Gasteiger partial charge on any atom is -0.468 e. The van der Waals surface area contributed by atoms with Gasteiger partial charge in [0, 0.05) is 10.6 Å². The van der Waals surface area contributed by atoms with Crippen molar-refractivity contribution in [3.05, 3.63) is 34.9 Å². The summed E-state index contributed by atoms with van der Waals surface area (Å²) in [6.07, 6.45) is 2.59. The molecule has 2 N–H and O–H groups in total. The fourth-order valence-electron chi connectivity index (χ4n) is 3.55. The number of Topliss-reactive ketones (excluding diaryl/α,β-unsaturated/α-hetero) is 1. The van der Waals surface area contributed by atoms with Gasteiger partial charge < -0.3 is 10.5 Å². The topological polar surface area (TPSA) is 64.7 Å². The SMILES string of the molecule is CC(C)C[C@H](N)C1=NC2(c3ccccc3Cl)CCC[C@H](O1)C2=O. The lowest BCUT2D eigenvalue weighted by molar-refractivity contribution is -0.137. The van der Waals surface area contributed by atoms with Crippen molar-refractivity contribution < 1.29 is 9.53 Å². The lowest BCUT2D eigenvalue weighted by atomic mass is 9.73. The van der Waals surface area contributed by atoms with E-state index in [2.05, 4.69) is 13.8 Å². The van der Waals surface area contributed by atoms with Gasteiger partial charge >= 0.3 is 0 Å². The second-order valence-corrected chi connectivity index (χ2v) is 7.30. The first kappa shape index (κ1) is 16.5. The highest BCUT2D eigenvalue weighted by molar-refractivity contribution is 6.32. The molecule has 1 fully saturated rings. The first-order valence-electron chi connectivity index (χ1n) is 8.25. The van der Waals surface area contributed by atoms with Gasteiger partial charge in [-0.2, -0.15) is 0 Å². The van der Waals surface area contributed by atoms with Gasteiger partial charge in [-0.05, 0) is 37.7 Å². The van der Waals surface area contributed by atoms with Crippen LogP contribution in [0.2, 0.25) is 5.02 Å². The summed E-state index contributed by atoms with van der Waals surface area (Å²) in [6.45, 7) is 4.22. The van der Waals surface area contributed by atoms with E-state index in [-0.39, 0.29) is 11.8 Å². The Balaban J connectivity index is 2.07. The van der Waals surface area contributed by atoms with E-state index >= 15 is 0 Å². The molecule has 0 amide bonds. The molecule has 1 aliphatic carbocycles. The molecule has 1 aromatic carbocycles. The second-order valence-electron chi connectivity index (χ2n) is 6.89. The molecular formula is C18H23ClN2O2. The Bertz CT molecular complexity index is 644. The van der Waals surface area contributed by atoms with Gasteiger partial charge in [0.2, 0.25) is 11.7 Å². The van der Waals surface area contributed by atoms with Gasteiger partial charge in [0.15, 0.2) is 11.6 Å². The van der Waals surface area contributed by atoms with Crippen molar-refractivity contribution in [1.82, 2.24) is 0 Å². The molecule has 2 bridgehead atoms. The van der Waals surface area contributed by atoms with Gasteiger partial charge in [-0.3, -0.25) is 4.79 Å². The van der Waals surface area contributed by atoms with E-state index in [1.807, 2.05) is 18.2 Å². The average Bonchev–Trinajstić information content (AvgIpc) is 2.47. The van der Waals surface area contributed by atoms with E-state index in [0.717, 1.165) is 24.8 Å². The summed E-state index contributed by atoms with van der Waals surface area (Å²) in [4.78, 5) is 17.7. The Labute approximate surface area is 142 Å². The molecule has 0 saturated heterocycles. The Hall–Kier alpha value is -1.39. The third-order valence-corrected chi connectivity index (χ3v) is 4.96. The van der Waals surface area contributed by atoms with E-state index in [4.69, 9.17) is 27.1 Å². The number of aliphatic imine (C=N–C) groups is 1. The number of hydrogen-bond acceptors (Lipinski definition) is 4. The Morgan fingerprint density at radius 2 is 2.17 bits per heavy atom. The van der Waals surface area contributed by atoms with Crippen LogP contribution in [0.4, 0.5) is 0 Å². The highest BCUT2D eigenvalue weighted by Gasteiger charge is 2.52.